The van der Waals surface area contributed by atoms with Crippen LogP contribution in [0.5, 0.6) is 0 Å². The Kier molecular flexibility index (Phi) is 7.04. The minimum absolute atomic E-state index is 0.00621. The number of carbonyl (C=O) groups is 2. The maximum Gasteiger partial charge on any atom is 0.246 e. The first-order valence-electron chi connectivity index (χ1n) is 7.97. The smallest absolute Gasteiger partial charge is 0.246 e. The Morgan fingerprint density at radius 2 is 1.86 bits per heavy atom. The second-order valence-electron chi connectivity index (χ2n) is 6.43. The predicted molar refractivity (Wildman–Crippen MR) is 89.3 cm³/mol. The van der Waals surface area contributed by atoms with Gasteiger partial charge in [-0.1, -0.05) is 41.0 Å². The zero-order valence-electron chi connectivity index (χ0n) is 14.2. The highest BCUT2D eigenvalue weighted by atomic mass is 32.2. The summed E-state index contributed by atoms with van der Waals surface area (Å²) in [5, 5.41) is 3.44. The molecule has 122 valence electrons. The first-order valence-corrected chi connectivity index (χ1v) is 9.25. The predicted octanol–water partition coefficient (Wildman–Crippen LogP) is 2.53. The van der Waals surface area contributed by atoms with Crippen LogP contribution in [0.3, 0.4) is 0 Å². The van der Waals surface area contributed by atoms with Crippen LogP contribution in [0.2, 0.25) is 0 Å². The van der Waals surface area contributed by atoms with E-state index in [9.17, 15) is 9.59 Å². The lowest BCUT2D eigenvalue weighted by Crippen LogP contribution is -2.66. The van der Waals surface area contributed by atoms with Crippen LogP contribution < -0.4 is 5.32 Å². The van der Waals surface area contributed by atoms with E-state index in [1.165, 1.54) is 0 Å². The summed E-state index contributed by atoms with van der Waals surface area (Å²) in [6.45, 7) is 10.9. The molecule has 5 heteroatoms. The van der Waals surface area contributed by atoms with E-state index in [4.69, 9.17) is 0 Å². The maximum atomic E-state index is 12.8. The SMILES string of the molecule is CCC(C)C1NC(=O)C(C(C)C)N(CCC(C)SC)C1=O. The molecule has 1 aliphatic heterocycles. The van der Waals surface area contributed by atoms with Crippen molar-refractivity contribution in [1.82, 2.24) is 10.2 Å². The van der Waals surface area contributed by atoms with Crippen molar-refractivity contribution in [2.45, 2.75) is 64.8 Å². The molecule has 0 spiro atoms. The maximum absolute atomic E-state index is 12.8. The van der Waals surface area contributed by atoms with Crippen molar-refractivity contribution >= 4 is 23.6 Å². The van der Waals surface area contributed by atoms with E-state index in [2.05, 4.69) is 25.4 Å². The largest absolute Gasteiger partial charge is 0.342 e. The van der Waals surface area contributed by atoms with E-state index in [0.29, 0.717) is 11.8 Å². The Bertz CT molecular complexity index is 373. The van der Waals surface area contributed by atoms with Crippen LogP contribution in [0, 0.1) is 11.8 Å². The first kappa shape index (κ1) is 18.3. The minimum Gasteiger partial charge on any atom is -0.342 e. The summed E-state index contributed by atoms with van der Waals surface area (Å²) < 4.78 is 0. The molecule has 1 aliphatic rings. The van der Waals surface area contributed by atoms with Gasteiger partial charge in [-0.3, -0.25) is 9.59 Å². The number of nitrogens with zero attached hydrogens (tertiary/aromatic N) is 1. The fourth-order valence-electron chi connectivity index (χ4n) is 2.73. The average Bonchev–Trinajstić information content (AvgIpc) is 2.45. The number of amides is 2. The van der Waals surface area contributed by atoms with Crippen LogP contribution in [0.25, 0.3) is 0 Å². The Morgan fingerprint density at radius 1 is 1.24 bits per heavy atom. The molecule has 0 saturated carbocycles. The van der Waals surface area contributed by atoms with Crippen LogP contribution in [0.1, 0.15) is 47.5 Å². The van der Waals surface area contributed by atoms with Gasteiger partial charge in [-0.15, -0.1) is 0 Å². The minimum atomic E-state index is -0.359. The molecule has 4 atom stereocenters. The zero-order chi connectivity index (χ0) is 16.2. The normalized spacial score (nSPS) is 26.0. The standard InChI is InChI=1S/C16H30N2O2S/c1-7-11(4)13-16(20)18(9-8-12(5)21-6)14(10(2)3)15(19)17-13/h10-14H,7-9H2,1-6H3,(H,17,19). The van der Waals surface area contributed by atoms with E-state index < -0.39 is 0 Å². The van der Waals surface area contributed by atoms with E-state index in [-0.39, 0.29) is 35.7 Å². The summed E-state index contributed by atoms with van der Waals surface area (Å²) in [5.41, 5.74) is 0. The molecule has 4 unspecified atom stereocenters. The molecule has 4 nitrogen and oxygen atoms in total. The van der Waals surface area contributed by atoms with Crippen molar-refractivity contribution in [2.75, 3.05) is 12.8 Å². The second kappa shape index (κ2) is 8.06. The van der Waals surface area contributed by atoms with Crippen molar-refractivity contribution in [1.29, 1.82) is 0 Å². The van der Waals surface area contributed by atoms with Crippen LogP contribution in [0.4, 0.5) is 0 Å². The lowest BCUT2D eigenvalue weighted by Gasteiger charge is -2.42. The summed E-state index contributed by atoms with van der Waals surface area (Å²) in [6, 6.07) is -0.686. The van der Waals surface area contributed by atoms with Gasteiger partial charge in [-0.05, 0) is 24.5 Å². The Labute approximate surface area is 133 Å². The molecule has 1 fully saturated rings. The van der Waals surface area contributed by atoms with Gasteiger partial charge in [-0.2, -0.15) is 11.8 Å². The average molecular weight is 314 g/mol. The van der Waals surface area contributed by atoms with Gasteiger partial charge in [0.1, 0.15) is 12.1 Å². The highest BCUT2D eigenvalue weighted by molar-refractivity contribution is 7.99. The fourth-order valence-corrected chi connectivity index (χ4v) is 3.07. The molecule has 1 heterocycles. The highest BCUT2D eigenvalue weighted by Gasteiger charge is 2.43. The Hall–Kier alpha value is -0.710. The molecular weight excluding hydrogens is 284 g/mol. The van der Waals surface area contributed by atoms with Crippen molar-refractivity contribution in [3.05, 3.63) is 0 Å². The number of piperazine rings is 1. The third kappa shape index (κ3) is 4.38. The summed E-state index contributed by atoms with van der Waals surface area (Å²) >= 11 is 1.80. The van der Waals surface area contributed by atoms with Gasteiger partial charge in [0.05, 0.1) is 0 Å². The molecule has 0 aromatic rings. The number of carbonyl (C=O) groups excluding carboxylic acids is 2. The van der Waals surface area contributed by atoms with Gasteiger partial charge in [-0.25, -0.2) is 0 Å². The highest BCUT2D eigenvalue weighted by Crippen LogP contribution is 2.23. The van der Waals surface area contributed by atoms with Gasteiger partial charge in [0.15, 0.2) is 0 Å². The lowest BCUT2D eigenvalue weighted by atomic mass is 9.90. The van der Waals surface area contributed by atoms with Crippen LogP contribution in [0.15, 0.2) is 0 Å². The number of thioether (sulfide) groups is 1. The van der Waals surface area contributed by atoms with E-state index in [1.807, 2.05) is 25.7 Å². The Balaban J connectivity index is 2.92. The number of hydrogen-bond acceptors (Lipinski definition) is 3. The zero-order valence-corrected chi connectivity index (χ0v) is 15.0. The van der Waals surface area contributed by atoms with E-state index in [1.54, 1.807) is 11.8 Å². The quantitative estimate of drug-likeness (QED) is 0.785. The molecule has 1 rings (SSSR count). The van der Waals surface area contributed by atoms with Crippen LogP contribution >= 0.6 is 11.8 Å². The molecule has 1 saturated heterocycles. The molecule has 0 aromatic heterocycles. The number of rotatable bonds is 7. The van der Waals surface area contributed by atoms with Gasteiger partial charge in [0, 0.05) is 11.8 Å². The number of hydrogen-bond donors (Lipinski definition) is 1. The van der Waals surface area contributed by atoms with Gasteiger partial charge >= 0.3 is 0 Å². The third-order valence-corrected chi connectivity index (χ3v) is 5.52. The van der Waals surface area contributed by atoms with Crippen molar-refractivity contribution in [3.63, 3.8) is 0 Å². The second-order valence-corrected chi connectivity index (χ2v) is 7.70. The van der Waals surface area contributed by atoms with Crippen molar-refractivity contribution in [2.24, 2.45) is 11.8 Å². The van der Waals surface area contributed by atoms with Gasteiger partial charge in [0.25, 0.3) is 0 Å². The topological polar surface area (TPSA) is 49.4 Å². The molecular formula is C16H30N2O2S. The third-order valence-electron chi connectivity index (χ3n) is 4.47. The van der Waals surface area contributed by atoms with E-state index in [0.717, 1.165) is 12.8 Å². The first-order chi connectivity index (χ1) is 9.83. The fraction of sp³-hybridized carbons (Fsp3) is 0.875. The van der Waals surface area contributed by atoms with Crippen molar-refractivity contribution in [3.8, 4) is 0 Å². The molecule has 1 N–H and O–H groups in total. The molecule has 0 aliphatic carbocycles. The lowest BCUT2D eigenvalue weighted by molar-refractivity contribution is -0.152. The van der Waals surface area contributed by atoms with Crippen LogP contribution in [-0.2, 0) is 9.59 Å². The molecule has 0 radical (unpaired) electrons. The molecule has 2 amide bonds. The number of nitrogens with one attached hydrogen (secondary N) is 1. The summed E-state index contributed by atoms with van der Waals surface area (Å²) in [4.78, 5) is 27.0. The Morgan fingerprint density at radius 3 is 2.33 bits per heavy atom. The summed E-state index contributed by atoms with van der Waals surface area (Å²) in [6.07, 6.45) is 3.89. The van der Waals surface area contributed by atoms with Gasteiger partial charge < -0.3 is 10.2 Å². The molecule has 0 aromatic carbocycles. The summed E-state index contributed by atoms with van der Waals surface area (Å²) in [5.74, 6) is 0.411. The summed E-state index contributed by atoms with van der Waals surface area (Å²) in [7, 11) is 0. The van der Waals surface area contributed by atoms with Crippen molar-refractivity contribution < 1.29 is 9.59 Å². The monoisotopic (exact) mass is 314 g/mol. The molecule has 0 bridgehead atoms. The molecule has 21 heavy (non-hydrogen) atoms. The van der Waals surface area contributed by atoms with Gasteiger partial charge in [0.2, 0.25) is 11.8 Å². The van der Waals surface area contributed by atoms with Crippen LogP contribution in [-0.4, -0.2) is 46.8 Å². The van der Waals surface area contributed by atoms with E-state index >= 15 is 0 Å².